The van der Waals surface area contributed by atoms with E-state index >= 15 is 0 Å². The lowest BCUT2D eigenvalue weighted by Crippen LogP contribution is -2.32. The zero-order valence-corrected chi connectivity index (χ0v) is 13.6. The summed E-state index contributed by atoms with van der Waals surface area (Å²) in [6, 6.07) is 14.6. The number of nitro benzene ring substituents is 1. The fourth-order valence-corrected chi connectivity index (χ4v) is 3.02. The molecular formula is C16H17N3O4S. The first-order valence-corrected chi connectivity index (χ1v) is 8.71. The Labute approximate surface area is 141 Å². The van der Waals surface area contributed by atoms with E-state index in [4.69, 9.17) is 0 Å². The van der Waals surface area contributed by atoms with E-state index in [0.717, 1.165) is 5.56 Å². The molecule has 0 spiro atoms. The van der Waals surface area contributed by atoms with Crippen LogP contribution in [-0.2, 0) is 16.6 Å². The van der Waals surface area contributed by atoms with Crippen molar-refractivity contribution in [1.29, 1.82) is 0 Å². The molecular weight excluding hydrogens is 330 g/mol. The van der Waals surface area contributed by atoms with Crippen molar-refractivity contribution in [3.63, 3.8) is 0 Å². The van der Waals surface area contributed by atoms with Crippen LogP contribution in [0.3, 0.4) is 0 Å². The highest BCUT2D eigenvalue weighted by Gasteiger charge is 2.08. The van der Waals surface area contributed by atoms with Gasteiger partial charge in [-0.2, -0.15) is 0 Å². The summed E-state index contributed by atoms with van der Waals surface area (Å²) in [5.41, 5.74) is 1.21. The number of amides is 2. The number of benzene rings is 2. The molecule has 2 aromatic carbocycles. The van der Waals surface area contributed by atoms with Crippen LogP contribution in [0, 0.1) is 10.1 Å². The average Bonchev–Trinajstić information content (AvgIpc) is 2.56. The summed E-state index contributed by atoms with van der Waals surface area (Å²) in [5, 5.41) is 15.8. The van der Waals surface area contributed by atoms with E-state index in [9.17, 15) is 19.1 Å². The lowest BCUT2D eigenvalue weighted by atomic mass is 10.2. The van der Waals surface area contributed by atoms with Crippen LogP contribution in [0.25, 0.3) is 0 Å². The minimum absolute atomic E-state index is 0.100. The summed E-state index contributed by atoms with van der Waals surface area (Å²) in [5.74, 6) is 0.770. The van der Waals surface area contributed by atoms with Gasteiger partial charge in [-0.1, -0.05) is 36.4 Å². The van der Waals surface area contributed by atoms with Gasteiger partial charge in [0.25, 0.3) is 5.69 Å². The highest BCUT2D eigenvalue weighted by atomic mass is 32.2. The van der Waals surface area contributed by atoms with Gasteiger partial charge >= 0.3 is 6.03 Å². The third-order valence-corrected chi connectivity index (χ3v) is 4.42. The molecule has 0 aromatic heterocycles. The van der Waals surface area contributed by atoms with Crippen LogP contribution in [-0.4, -0.2) is 27.5 Å². The van der Waals surface area contributed by atoms with Crippen LogP contribution in [0.5, 0.6) is 0 Å². The van der Waals surface area contributed by atoms with Crippen LogP contribution < -0.4 is 10.6 Å². The normalized spacial score (nSPS) is 11.5. The van der Waals surface area contributed by atoms with Gasteiger partial charge in [-0.05, 0) is 11.6 Å². The van der Waals surface area contributed by atoms with Gasteiger partial charge in [-0.15, -0.1) is 0 Å². The molecule has 0 radical (unpaired) electrons. The van der Waals surface area contributed by atoms with Crippen LogP contribution in [0.1, 0.15) is 5.56 Å². The van der Waals surface area contributed by atoms with Crippen molar-refractivity contribution in [2.45, 2.75) is 5.75 Å². The Kier molecular flexibility index (Phi) is 6.44. The van der Waals surface area contributed by atoms with Gasteiger partial charge in [0.2, 0.25) is 0 Å². The molecule has 1 atom stereocenters. The molecule has 24 heavy (non-hydrogen) atoms. The summed E-state index contributed by atoms with van der Waals surface area (Å²) >= 11 is 0. The predicted molar refractivity (Wildman–Crippen MR) is 93.3 cm³/mol. The molecule has 0 saturated heterocycles. The molecule has 7 nitrogen and oxygen atoms in total. The number of nitro groups is 1. The molecule has 2 aromatic rings. The van der Waals surface area contributed by atoms with Crippen molar-refractivity contribution in [1.82, 2.24) is 5.32 Å². The second-order valence-electron chi connectivity index (χ2n) is 4.96. The van der Waals surface area contributed by atoms with Gasteiger partial charge in [0.15, 0.2) is 0 Å². The molecule has 0 heterocycles. The number of hydrogen-bond acceptors (Lipinski definition) is 4. The molecule has 0 aliphatic rings. The lowest BCUT2D eigenvalue weighted by molar-refractivity contribution is -0.384. The first kappa shape index (κ1) is 17.6. The third kappa shape index (κ3) is 5.81. The third-order valence-electron chi connectivity index (χ3n) is 3.10. The van der Waals surface area contributed by atoms with Crippen molar-refractivity contribution in [2.75, 3.05) is 17.6 Å². The lowest BCUT2D eigenvalue weighted by Gasteiger charge is -2.07. The average molecular weight is 347 g/mol. The van der Waals surface area contributed by atoms with E-state index in [2.05, 4.69) is 10.6 Å². The smallest absolute Gasteiger partial charge is 0.319 e. The molecule has 2 N–H and O–H groups in total. The highest BCUT2D eigenvalue weighted by molar-refractivity contribution is 7.84. The topological polar surface area (TPSA) is 101 Å². The Hall–Kier alpha value is -2.74. The number of hydrogen-bond donors (Lipinski definition) is 2. The van der Waals surface area contributed by atoms with Gasteiger partial charge in [-0.3, -0.25) is 14.3 Å². The van der Waals surface area contributed by atoms with E-state index in [0.29, 0.717) is 17.2 Å². The second kappa shape index (κ2) is 8.78. The number of nitrogens with zero attached hydrogens (tertiary/aromatic N) is 1. The molecule has 2 rings (SSSR count). The Morgan fingerprint density at radius 3 is 2.58 bits per heavy atom. The number of carbonyl (C=O) groups is 1. The van der Waals surface area contributed by atoms with Gasteiger partial charge in [0.1, 0.15) is 0 Å². The summed E-state index contributed by atoms with van der Waals surface area (Å²) < 4.78 is 11.9. The van der Waals surface area contributed by atoms with Crippen molar-refractivity contribution in [3.05, 3.63) is 70.3 Å². The zero-order chi connectivity index (χ0) is 17.4. The van der Waals surface area contributed by atoms with Gasteiger partial charge in [0.05, 0.1) is 4.92 Å². The molecule has 126 valence electrons. The van der Waals surface area contributed by atoms with E-state index in [1.165, 1.54) is 18.2 Å². The number of carbonyl (C=O) groups excluding carboxylic acids is 1. The molecule has 0 aliphatic carbocycles. The second-order valence-corrected chi connectivity index (χ2v) is 6.54. The Morgan fingerprint density at radius 1 is 1.12 bits per heavy atom. The number of nitrogens with one attached hydrogen (secondary N) is 2. The van der Waals surface area contributed by atoms with Crippen molar-refractivity contribution in [3.8, 4) is 0 Å². The number of anilines is 1. The fraction of sp³-hybridized carbons (Fsp3) is 0.188. The molecule has 0 bridgehead atoms. The summed E-state index contributed by atoms with van der Waals surface area (Å²) in [6.45, 7) is 0.250. The summed E-state index contributed by atoms with van der Waals surface area (Å²) in [4.78, 5) is 21.9. The van der Waals surface area contributed by atoms with Crippen molar-refractivity contribution < 1.29 is 13.9 Å². The maximum atomic E-state index is 11.9. The van der Waals surface area contributed by atoms with Gasteiger partial charge < -0.3 is 10.6 Å². The van der Waals surface area contributed by atoms with Crippen LogP contribution in [0.2, 0.25) is 0 Å². The molecule has 2 amide bonds. The standard InChI is InChI=1S/C16H17N3O4S/c20-16(18-14-7-4-8-15(11-14)19(21)22)17-9-10-24(23)12-13-5-2-1-3-6-13/h1-8,11H,9-10,12H2,(H2,17,18,20)/t24-/m0/s1. The zero-order valence-electron chi connectivity index (χ0n) is 12.8. The monoisotopic (exact) mass is 347 g/mol. The predicted octanol–water partition coefficient (Wildman–Crippen LogP) is 2.67. The first-order chi connectivity index (χ1) is 11.5. The molecule has 0 aliphatic heterocycles. The maximum Gasteiger partial charge on any atom is 0.319 e. The fourth-order valence-electron chi connectivity index (χ4n) is 1.98. The van der Waals surface area contributed by atoms with Crippen LogP contribution in [0.15, 0.2) is 54.6 Å². The molecule has 0 unspecified atom stereocenters. The minimum atomic E-state index is -1.08. The first-order valence-electron chi connectivity index (χ1n) is 7.23. The van der Waals surface area contributed by atoms with E-state index in [1.807, 2.05) is 30.3 Å². The minimum Gasteiger partial charge on any atom is -0.337 e. The van der Waals surface area contributed by atoms with Gasteiger partial charge in [-0.25, -0.2) is 4.79 Å². The number of urea groups is 1. The Balaban J connectivity index is 1.74. The van der Waals surface area contributed by atoms with E-state index in [-0.39, 0.29) is 12.2 Å². The van der Waals surface area contributed by atoms with E-state index < -0.39 is 21.8 Å². The Morgan fingerprint density at radius 2 is 1.88 bits per heavy atom. The highest BCUT2D eigenvalue weighted by Crippen LogP contribution is 2.16. The van der Waals surface area contributed by atoms with E-state index in [1.54, 1.807) is 6.07 Å². The van der Waals surface area contributed by atoms with Gasteiger partial charge in [0, 0.05) is 46.7 Å². The maximum absolute atomic E-state index is 11.9. The summed E-state index contributed by atoms with van der Waals surface area (Å²) in [6.07, 6.45) is 0. The number of non-ortho nitro benzene ring substituents is 1. The number of rotatable bonds is 7. The van der Waals surface area contributed by atoms with Crippen LogP contribution >= 0.6 is 0 Å². The van der Waals surface area contributed by atoms with Crippen molar-refractivity contribution >= 4 is 28.2 Å². The SMILES string of the molecule is O=C(NCC[S@](=O)Cc1ccccc1)Nc1cccc([N+](=O)[O-])c1. The molecule has 0 fully saturated rings. The quantitative estimate of drug-likeness (QED) is 0.594. The molecule has 0 saturated carbocycles. The van der Waals surface area contributed by atoms with Crippen molar-refractivity contribution in [2.24, 2.45) is 0 Å². The summed E-state index contributed by atoms with van der Waals surface area (Å²) in [7, 11) is -1.08. The van der Waals surface area contributed by atoms with Crippen LogP contribution in [0.4, 0.5) is 16.2 Å². The largest absolute Gasteiger partial charge is 0.337 e. The Bertz CT molecular complexity index is 737. The molecule has 8 heteroatoms.